The summed E-state index contributed by atoms with van der Waals surface area (Å²) in [6, 6.07) is 1.34. The first kappa shape index (κ1) is 14.4. The van der Waals surface area contributed by atoms with Gasteiger partial charge in [-0.1, -0.05) is 0 Å². The molecule has 2 heterocycles. The number of primary amides is 1. The molecule has 0 atom stereocenters. The maximum Gasteiger partial charge on any atom is 0.254 e. The topological polar surface area (TPSA) is 88.3 Å². The number of rotatable bonds is 4. The normalized spacial score (nSPS) is 16.9. The number of piperidine rings is 1. The van der Waals surface area contributed by atoms with Crippen molar-refractivity contribution < 1.29 is 14.0 Å². The fourth-order valence-electron chi connectivity index (χ4n) is 2.28. The van der Waals surface area contributed by atoms with Crippen molar-refractivity contribution in [3.8, 4) is 0 Å². The molecule has 0 radical (unpaired) electrons. The number of carbonyl (C=O) groups excluding carboxylic acids is 2. The van der Waals surface area contributed by atoms with E-state index in [0.29, 0.717) is 25.9 Å². The van der Waals surface area contributed by atoms with E-state index in [4.69, 9.17) is 5.73 Å². The number of nitrogens with zero attached hydrogens (tertiary/aromatic N) is 2. The summed E-state index contributed by atoms with van der Waals surface area (Å²) >= 11 is 0. The highest BCUT2D eigenvalue weighted by molar-refractivity contribution is 5.94. The van der Waals surface area contributed by atoms with Crippen LogP contribution in [0.25, 0.3) is 0 Å². The average Bonchev–Trinajstić information content (AvgIpc) is 2.41. The lowest BCUT2D eigenvalue weighted by Gasteiger charge is -2.31. The second-order valence-corrected chi connectivity index (χ2v) is 4.85. The maximum absolute atomic E-state index is 13.4. The van der Waals surface area contributed by atoms with Crippen LogP contribution in [0.2, 0.25) is 0 Å². The Morgan fingerprint density at radius 3 is 2.75 bits per heavy atom. The maximum atomic E-state index is 13.4. The van der Waals surface area contributed by atoms with E-state index >= 15 is 0 Å². The monoisotopic (exact) mass is 280 g/mol. The van der Waals surface area contributed by atoms with Crippen molar-refractivity contribution in [2.75, 3.05) is 19.6 Å². The van der Waals surface area contributed by atoms with Gasteiger partial charge in [0.25, 0.3) is 5.91 Å². The van der Waals surface area contributed by atoms with E-state index in [-0.39, 0.29) is 24.1 Å². The number of hydrogen-bond acceptors (Lipinski definition) is 4. The molecule has 6 nitrogen and oxygen atoms in total. The second-order valence-electron chi connectivity index (χ2n) is 4.85. The summed E-state index contributed by atoms with van der Waals surface area (Å²) in [6.07, 6.45) is 3.83. The van der Waals surface area contributed by atoms with Crippen molar-refractivity contribution in [1.29, 1.82) is 0 Å². The highest BCUT2D eigenvalue weighted by atomic mass is 19.1. The average molecular weight is 280 g/mol. The fraction of sp³-hybridized carbons (Fsp3) is 0.462. The number of likely N-dealkylation sites (tertiary alicyclic amines) is 1. The number of amides is 2. The van der Waals surface area contributed by atoms with Gasteiger partial charge in [0.1, 0.15) is 0 Å². The Kier molecular flexibility index (Phi) is 4.62. The summed E-state index contributed by atoms with van der Waals surface area (Å²) in [5.74, 6) is -1.42. The number of nitrogens with one attached hydrogen (secondary N) is 1. The number of pyridine rings is 1. The third-order valence-electron chi connectivity index (χ3n) is 3.32. The van der Waals surface area contributed by atoms with Crippen LogP contribution in [0.15, 0.2) is 18.5 Å². The Bertz CT molecular complexity index is 501. The third-order valence-corrected chi connectivity index (χ3v) is 3.32. The smallest absolute Gasteiger partial charge is 0.254 e. The van der Waals surface area contributed by atoms with E-state index in [1.165, 1.54) is 12.3 Å². The van der Waals surface area contributed by atoms with E-state index in [0.717, 1.165) is 6.20 Å². The Morgan fingerprint density at radius 2 is 2.15 bits per heavy atom. The molecule has 0 saturated carbocycles. The van der Waals surface area contributed by atoms with Gasteiger partial charge >= 0.3 is 0 Å². The first-order valence-electron chi connectivity index (χ1n) is 6.47. The minimum atomic E-state index is -0.629. The lowest BCUT2D eigenvalue weighted by Crippen LogP contribution is -2.46. The van der Waals surface area contributed by atoms with Crippen LogP contribution in [0.1, 0.15) is 23.2 Å². The summed E-state index contributed by atoms with van der Waals surface area (Å²) in [6.45, 7) is 1.61. The van der Waals surface area contributed by atoms with E-state index in [1.54, 1.807) is 0 Å². The van der Waals surface area contributed by atoms with Gasteiger partial charge in [0.05, 0.1) is 18.3 Å². The number of carbonyl (C=O) groups is 2. The molecule has 0 aromatic carbocycles. The molecule has 20 heavy (non-hydrogen) atoms. The van der Waals surface area contributed by atoms with E-state index in [2.05, 4.69) is 10.3 Å². The molecule has 7 heteroatoms. The van der Waals surface area contributed by atoms with Crippen LogP contribution in [0.3, 0.4) is 0 Å². The molecule has 0 bridgehead atoms. The lowest BCUT2D eigenvalue weighted by molar-refractivity contribution is -0.119. The summed E-state index contributed by atoms with van der Waals surface area (Å²) in [7, 11) is 0. The molecule has 1 saturated heterocycles. The molecule has 2 rings (SSSR count). The molecule has 1 aliphatic rings. The molecule has 0 unspecified atom stereocenters. The Hall–Kier alpha value is -2.02. The molecule has 2 amide bonds. The molecule has 1 aromatic rings. The number of halogens is 1. The number of hydrogen-bond donors (Lipinski definition) is 2. The van der Waals surface area contributed by atoms with Crippen LogP contribution >= 0.6 is 0 Å². The van der Waals surface area contributed by atoms with Crippen molar-refractivity contribution in [3.05, 3.63) is 29.8 Å². The van der Waals surface area contributed by atoms with Crippen LogP contribution in [0, 0.1) is 5.82 Å². The Labute approximate surface area is 116 Å². The molecular weight excluding hydrogens is 263 g/mol. The van der Waals surface area contributed by atoms with E-state index in [1.807, 2.05) is 4.90 Å². The van der Waals surface area contributed by atoms with Crippen LogP contribution in [0.5, 0.6) is 0 Å². The van der Waals surface area contributed by atoms with Crippen LogP contribution in [0.4, 0.5) is 4.39 Å². The molecule has 3 N–H and O–H groups in total. The highest BCUT2D eigenvalue weighted by Crippen LogP contribution is 2.11. The van der Waals surface area contributed by atoms with Crippen LogP contribution in [-0.2, 0) is 4.79 Å². The summed E-state index contributed by atoms with van der Waals surface area (Å²) < 4.78 is 13.4. The number of aromatic nitrogens is 1. The molecular formula is C13H17FN4O2. The van der Waals surface area contributed by atoms with Gasteiger partial charge in [-0.25, -0.2) is 4.39 Å². The van der Waals surface area contributed by atoms with Gasteiger partial charge in [0, 0.05) is 25.3 Å². The molecule has 0 spiro atoms. The molecule has 1 aliphatic heterocycles. The Morgan fingerprint density at radius 1 is 1.45 bits per heavy atom. The first-order chi connectivity index (χ1) is 9.56. The van der Waals surface area contributed by atoms with Crippen molar-refractivity contribution in [3.63, 3.8) is 0 Å². The van der Waals surface area contributed by atoms with Crippen LogP contribution in [-0.4, -0.2) is 47.4 Å². The molecule has 1 aromatic heterocycles. The minimum Gasteiger partial charge on any atom is -0.369 e. The SMILES string of the molecule is NC(=O)CN1CCC(NC(=O)c2ccncc2F)CC1. The molecule has 108 valence electrons. The fourth-order valence-corrected chi connectivity index (χ4v) is 2.28. The van der Waals surface area contributed by atoms with Gasteiger partial charge in [-0.05, 0) is 18.9 Å². The Balaban J connectivity index is 1.85. The second kappa shape index (κ2) is 6.42. The standard InChI is InChI=1S/C13H17FN4O2/c14-11-7-16-4-1-10(11)13(20)17-9-2-5-18(6-3-9)8-12(15)19/h1,4,7,9H,2-3,5-6,8H2,(H2,15,19)(H,17,20). The van der Waals surface area contributed by atoms with Gasteiger partial charge < -0.3 is 11.1 Å². The van der Waals surface area contributed by atoms with Crippen molar-refractivity contribution in [2.45, 2.75) is 18.9 Å². The summed E-state index contributed by atoms with van der Waals surface area (Å²) in [4.78, 5) is 28.3. The number of nitrogens with two attached hydrogens (primary N) is 1. The van der Waals surface area contributed by atoms with E-state index < -0.39 is 11.7 Å². The minimum absolute atomic E-state index is 0.000402. The van der Waals surface area contributed by atoms with Gasteiger partial charge in [-0.15, -0.1) is 0 Å². The van der Waals surface area contributed by atoms with Gasteiger partial charge in [-0.3, -0.25) is 19.5 Å². The highest BCUT2D eigenvalue weighted by Gasteiger charge is 2.22. The van der Waals surface area contributed by atoms with Crippen molar-refractivity contribution in [2.24, 2.45) is 5.73 Å². The van der Waals surface area contributed by atoms with Crippen molar-refractivity contribution >= 4 is 11.8 Å². The van der Waals surface area contributed by atoms with Gasteiger partial charge in [-0.2, -0.15) is 0 Å². The summed E-state index contributed by atoms with van der Waals surface area (Å²) in [5.41, 5.74) is 5.13. The quantitative estimate of drug-likeness (QED) is 0.806. The predicted molar refractivity (Wildman–Crippen MR) is 70.3 cm³/mol. The zero-order valence-electron chi connectivity index (χ0n) is 11.0. The zero-order chi connectivity index (χ0) is 14.5. The van der Waals surface area contributed by atoms with Gasteiger partial charge in [0.15, 0.2) is 5.82 Å². The van der Waals surface area contributed by atoms with E-state index in [9.17, 15) is 14.0 Å². The van der Waals surface area contributed by atoms with Crippen LogP contribution < -0.4 is 11.1 Å². The predicted octanol–water partition coefficient (Wildman–Crippen LogP) is -0.0998. The molecule has 1 fully saturated rings. The van der Waals surface area contributed by atoms with Crippen molar-refractivity contribution in [1.82, 2.24) is 15.2 Å². The first-order valence-corrected chi connectivity index (χ1v) is 6.47. The summed E-state index contributed by atoms with van der Waals surface area (Å²) in [5, 5.41) is 2.80. The lowest BCUT2D eigenvalue weighted by atomic mass is 10.0. The third kappa shape index (κ3) is 3.74. The van der Waals surface area contributed by atoms with Gasteiger partial charge in [0.2, 0.25) is 5.91 Å². The zero-order valence-corrected chi connectivity index (χ0v) is 11.0. The molecule has 0 aliphatic carbocycles. The largest absolute Gasteiger partial charge is 0.369 e.